The van der Waals surface area contributed by atoms with Gasteiger partial charge < -0.3 is 28.5 Å². The highest BCUT2D eigenvalue weighted by molar-refractivity contribution is 5.90. The van der Waals surface area contributed by atoms with E-state index in [9.17, 15) is 24.0 Å². The number of para-hydroxylation sites is 1. The summed E-state index contributed by atoms with van der Waals surface area (Å²) in [5.74, 6) is -4.17. The maximum Gasteiger partial charge on any atom is 0.307 e. The zero-order valence-electron chi connectivity index (χ0n) is 21.3. The van der Waals surface area contributed by atoms with Crippen LogP contribution in [0.1, 0.15) is 40.2 Å². The topological polar surface area (TPSA) is 146 Å². The molecule has 0 spiro atoms. The molecule has 0 saturated carbocycles. The van der Waals surface area contributed by atoms with Crippen LogP contribution in [0.3, 0.4) is 0 Å². The highest BCUT2D eigenvalue weighted by Gasteiger charge is 2.41. The van der Waals surface area contributed by atoms with Gasteiger partial charge in [0.05, 0.1) is 11.7 Å². The average Bonchev–Trinajstić information content (AvgIpc) is 3.15. The number of nitrogens with zero attached hydrogens (tertiary/aromatic N) is 1. The second-order valence-corrected chi connectivity index (χ2v) is 7.80. The Morgan fingerprint density at radius 3 is 2.00 bits per heavy atom. The van der Waals surface area contributed by atoms with Crippen LogP contribution in [0.15, 0.2) is 36.2 Å². The highest BCUT2D eigenvalue weighted by Crippen LogP contribution is 2.28. The molecule has 0 aliphatic heterocycles. The number of fused-ring (bicyclic) bond motifs is 1. The van der Waals surface area contributed by atoms with Gasteiger partial charge in [-0.25, -0.2) is 0 Å². The summed E-state index contributed by atoms with van der Waals surface area (Å²) in [7, 11) is 1.46. The Morgan fingerprint density at radius 1 is 0.838 bits per heavy atom. The Kier molecular flexibility index (Phi) is 10.2. The number of carbonyl (C=O) groups excluding carboxylic acids is 5. The largest absolute Gasteiger partial charge is 0.462 e. The van der Waals surface area contributed by atoms with E-state index in [4.69, 9.17) is 28.5 Å². The molecule has 0 saturated heterocycles. The highest BCUT2D eigenvalue weighted by atomic mass is 16.6. The summed E-state index contributed by atoms with van der Waals surface area (Å²) in [6.07, 6.45) is -1.57. The van der Waals surface area contributed by atoms with E-state index in [0.29, 0.717) is 16.5 Å². The first-order valence-corrected chi connectivity index (χ1v) is 11.1. The van der Waals surface area contributed by atoms with Crippen molar-refractivity contribution in [2.24, 2.45) is 0 Å². The van der Waals surface area contributed by atoms with E-state index in [2.05, 4.69) is 0 Å². The van der Waals surface area contributed by atoms with Gasteiger partial charge in [0.25, 0.3) is 0 Å². The van der Waals surface area contributed by atoms with Gasteiger partial charge in [0, 0.05) is 45.6 Å². The summed E-state index contributed by atoms with van der Waals surface area (Å²) in [5.41, 5.74) is 1.18. The van der Waals surface area contributed by atoms with Crippen molar-refractivity contribution < 1.29 is 52.5 Å². The quantitative estimate of drug-likeness (QED) is 0.244. The molecule has 0 amide bonds. The van der Waals surface area contributed by atoms with Gasteiger partial charge in [0.2, 0.25) is 0 Å². The molecule has 0 unspecified atom stereocenters. The summed E-state index contributed by atoms with van der Waals surface area (Å²) in [6.45, 7) is 4.98. The smallest absolute Gasteiger partial charge is 0.307 e. The molecule has 200 valence electrons. The van der Waals surface area contributed by atoms with E-state index in [1.165, 1.54) is 17.9 Å². The first-order chi connectivity index (χ1) is 17.4. The molecule has 0 aliphatic rings. The fraction of sp³-hybridized carbons (Fsp3) is 0.400. The van der Waals surface area contributed by atoms with Crippen molar-refractivity contribution in [1.82, 2.24) is 4.73 Å². The fourth-order valence-electron chi connectivity index (χ4n) is 3.53. The first-order valence-electron chi connectivity index (χ1n) is 11.1. The van der Waals surface area contributed by atoms with Crippen LogP contribution in [0.2, 0.25) is 0 Å². The van der Waals surface area contributed by atoms with Crippen molar-refractivity contribution in [3.63, 3.8) is 0 Å². The lowest BCUT2D eigenvalue weighted by Gasteiger charge is -2.32. The standard InChI is InChI=1S/C25H29NO11/c1-14(27)33-13-23(35-16(3)29)25(37-18(5)31)24(36-17(4)30)22(34-15(2)28)11-19-12-26(32-6)21-10-8-7-9-20(19)21/h7-12,23-25H,13H2,1-6H3/b22-11-/t23-,24+,25+/m0/s1. The number of benzene rings is 1. The van der Waals surface area contributed by atoms with E-state index in [1.807, 2.05) is 0 Å². The second kappa shape index (κ2) is 13.1. The number of hydrogen-bond donors (Lipinski definition) is 0. The monoisotopic (exact) mass is 519 g/mol. The lowest BCUT2D eigenvalue weighted by Crippen LogP contribution is -2.48. The van der Waals surface area contributed by atoms with Gasteiger partial charge in [-0.2, -0.15) is 4.73 Å². The molecule has 2 rings (SSSR count). The predicted molar refractivity (Wildman–Crippen MR) is 127 cm³/mol. The van der Waals surface area contributed by atoms with Crippen molar-refractivity contribution >= 4 is 46.8 Å². The van der Waals surface area contributed by atoms with Crippen LogP contribution in [0.25, 0.3) is 17.0 Å². The van der Waals surface area contributed by atoms with Crippen LogP contribution >= 0.6 is 0 Å². The summed E-state index contributed by atoms with van der Waals surface area (Å²) in [5, 5.41) is 0.691. The summed E-state index contributed by atoms with van der Waals surface area (Å²) in [4.78, 5) is 64.8. The van der Waals surface area contributed by atoms with Gasteiger partial charge >= 0.3 is 29.8 Å². The van der Waals surface area contributed by atoms with Crippen LogP contribution in [0.4, 0.5) is 0 Å². The summed E-state index contributed by atoms with van der Waals surface area (Å²) < 4.78 is 27.9. The number of esters is 5. The molecule has 2 aromatic rings. The number of carbonyl (C=O) groups is 5. The molecule has 1 heterocycles. The Hall–Kier alpha value is -4.35. The lowest BCUT2D eigenvalue weighted by molar-refractivity contribution is -0.189. The van der Waals surface area contributed by atoms with Crippen molar-refractivity contribution in [3.05, 3.63) is 41.8 Å². The molecule has 1 aromatic heterocycles. The van der Waals surface area contributed by atoms with E-state index in [1.54, 1.807) is 30.5 Å². The molecule has 0 aliphatic carbocycles. The number of aromatic nitrogens is 1. The van der Waals surface area contributed by atoms with Crippen molar-refractivity contribution in [2.75, 3.05) is 13.7 Å². The van der Waals surface area contributed by atoms with Gasteiger partial charge in [0.1, 0.15) is 13.7 Å². The van der Waals surface area contributed by atoms with Gasteiger partial charge in [0.15, 0.2) is 24.1 Å². The van der Waals surface area contributed by atoms with Gasteiger partial charge in [-0.3, -0.25) is 24.0 Å². The molecule has 12 heteroatoms. The van der Waals surface area contributed by atoms with Crippen LogP contribution in [0.5, 0.6) is 0 Å². The molecule has 0 bridgehead atoms. The minimum Gasteiger partial charge on any atom is -0.462 e. The van der Waals surface area contributed by atoms with Crippen LogP contribution in [-0.2, 0) is 47.7 Å². The SMILES string of the molecule is COn1cc(/C=C(\OC(C)=O)[C@@H](OC(C)=O)[C@H](OC(C)=O)[C@H](COC(C)=O)OC(C)=O)c2ccccc21. The molecule has 1 aromatic carbocycles. The molecule has 37 heavy (non-hydrogen) atoms. The molecular weight excluding hydrogens is 490 g/mol. The Labute approximate surface area is 212 Å². The van der Waals surface area contributed by atoms with Crippen LogP contribution in [0, 0.1) is 0 Å². The zero-order valence-corrected chi connectivity index (χ0v) is 21.3. The average molecular weight is 520 g/mol. The second-order valence-electron chi connectivity index (χ2n) is 7.80. The normalized spacial score (nSPS) is 13.6. The molecule has 0 radical (unpaired) electrons. The molecule has 12 nitrogen and oxygen atoms in total. The number of ether oxygens (including phenoxy) is 5. The maximum absolute atomic E-state index is 12.1. The first kappa shape index (κ1) is 28.9. The van der Waals surface area contributed by atoms with Gasteiger partial charge in [-0.1, -0.05) is 18.2 Å². The Balaban J connectivity index is 2.74. The molecule has 3 atom stereocenters. The third-order valence-electron chi connectivity index (χ3n) is 4.77. The number of hydrogen-bond acceptors (Lipinski definition) is 11. The molecule has 0 fully saturated rings. The Bertz CT molecular complexity index is 1200. The maximum atomic E-state index is 12.1. The fourth-order valence-corrected chi connectivity index (χ4v) is 3.53. The minimum absolute atomic E-state index is 0.243. The minimum atomic E-state index is -1.59. The van der Waals surface area contributed by atoms with Crippen molar-refractivity contribution in [3.8, 4) is 0 Å². The van der Waals surface area contributed by atoms with E-state index in [-0.39, 0.29) is 5.76 Å². The van der Waals surface area contributed by atoms with Gasteiger partial charge in [-0.15, -0.1) is 0 Å². The van der Waals surface area contributed by atoms with E-state index in [0.717, 1.165) is 34.6 Å². The van der Waals surface area contributed by atoms with Crippen LogP contribution in [-0.4, -0.2) is 66.6 Å². The molecule has 0 N–H and O–H groups in total. The van der Waals surface area contributed by atoms with Crippen molar-refractivity contribution in [1.29, 1.82) is 0 Å². The van der Waals surface area contributed by atoms with E-state index < -0.39 is 54.8 Å². The lowest BCUT2D eigenvalue weighted by atomic mass is 10.0. The van der Waals surface area contributed by atoms with Gasteiger partial charge in [-0.05, 0) is 12.1 Å². The van der Waals surface area contributed by atoms with Crippen molar-refractivity contribution in [2.45, 2.75) is 52.9 Å². The summed E-state index contributed by atoms with van der Waals surface area (Å²) >= 11 is 0. The van der Waals surface area contributed by atoms with Crippen LogP contribution < -0.4 is 4.84 Å². The third-order valence-corrected chi connectivity index (χ3v) is 4.77. The predicted octanol–water partition coefficient (Wildman–Crippen LogP) is 1.96. The molecular formula is C25H29NO11. The van der Waals surface area contributed by atoms with E-state index >= 15 is 0 Å². The summed E-state index contributed by atoms with van der Waals surface area (Å²) in [6, 6.07) is 7.17. The zero-order chi connectivity index (χ0) is 27.7. The third kappa shape index (κ3) is 8.37. The number of rotatable bonds is 11. The Morgan fingerprint density at radius 2 is 1.46 bits per heavy atom.